The number of hydrogen-bond donors (Lipinski definition) is 1. The van der Waals surface area contributed by atoms with Crippen LogP contribution >= 0.6 is 11.6 Å². The van der Waals surface area contributed by atoms with Gasteiger partial charge >= 0.3 is 0 Å². The predicted molar refractivity (Wildman–Crippen MR) is 131 cm³/mol. The first kappa shape index (κ1) is 24.1. The number of amides is 2. The third kappa shape index (κ3) is 4.19. The molecule has 1 saturated heterocycles. The Balaban J connectivity index is 1.47. The maximum absolute atomic E-state index is 14.0. The van der Waals surface area contributed by atoms with Crippen molar-refractivity contribution in [3.8, 4) is 6.07 Å². The molecule has 184 valence electrons. The Morgan fingerprint density at radius 2 is 1.86 bits per heavy atom. The monoisotopic (exact) mass is 513 g/mol. The Labute approximate surface area is 210 Å². The molecule has 0 spiro atoms. The van der Waals surface area contributed by atoms with Gasteiger partial charge in [-0.2, -0.15) is 5.26 Å². The number of allylic oxidation sites excluding steroid dienone is 3. The first-order valence-electron chi connectivity index (χ1n) is 12.0. The maximum Gasteiger partial charge on any atom is 0.244 e. The van der Waals surface area contributed by atoms with E-state index in [4.69, 9.17) is 11.6 Å². The van der Waals surface area contributed by atoms with Gasteiger partial charge in [-0.05, 0) is 64.0 Å². The minimum absolute atomic E-state index is 0.00699. The van der Waals surface area contributed by atoms with Gasteiger partial charge in [-0.25, -0.2) is 8.42 Å². The van der Waals surface area contributed by atoms with E-state index < -0.39 is 38.0 Å². The highest BCUT2D eigenvalue weighted by atomic mass is 35.5. The highest BCUT2D eigenvalue weighted by Crippen LogP contribution is 2.56. The molecule has 3 fully saturated rings. The predicted octanol–water partition coefficient (Wildman–Crippen LogP) is 3.70. The summed E-state index contributed by atoms with van der Waals surface area (Å²) < 4.78 is 27.0. The third-order valence-electron chi connectivity index (χ3n) is 7.87. The van der Waals surface area contributed by atoms with Gasteiger partial charge in [0, 0.05) is 6.54 Å². The summed E-state index contributed by atoms with van der Waals surface area (Å²) in [5.74, 6) is -0.645. The van der Waals surface area contributed by atoms with Gasteiger partial charge < -0.3 is 10.2 Å². The van der Waals surface area contributed by atoms with E-state index in [9.17, 15) is 23.3 Å². The lowest BCUT2D eigenvalue weighted by Crippen LogP contribution is -2.51. The van der Waals surface area contributed by atoms with Crippen LogP contribution in [-0.2, 0) is 19.4 Å². The van der Waals surface area contributed by atoms with Crippen molar-refractivity contribution in [3.63, 3.8) is 0 Å². The molecule has 1 aromatic carbocycles. The van der Waals surface area contributed by atoms with Crippen molar-refractivity contribution in [3.05, 3.63) is 52.6 Å². The van der Waals surface area contributed by atoms with Crippen LogP contribution in [0, 0.1) is 16.7 Å². The van der Waals surface area contributed by atoms with Crippen molar-refractivity contribution in [2.45, 2.75) is 73.6 Å². The lowest BCUT2D eigenvalue weighted by molar-refractivity contribution is -0.142. The number of nitrogens with one attached hydrogen (secondary N) is 1. The summed E-state index contributed by atoms with van der Waals surface area (Å²) in [5, 5.41) is 11.4. The second-order valence-electron chi connectivity index (χ2n) is 10.3. The molecule has 4 aliphatic rings. The van der Waals surface area contributed by atoms with Crippen LogP contribution in [0.4, 0.5) is 0 Å². The Morgan fingerprint density at radius 3 is 2.43 bits per heavy atom. The number of hydrogen-bond acceptors (Lipinski definition) is 5. The highest BCUT2D eigenvalue weighted by molar-refractivity contribution is 7.92. The van der Waals surface area contributed by atoms with Gasteiger partial charge in [0.1, 0.15) is 11.6 Å². The Kier molecular flexibility index (Phi) is 5.84. The molecule has 0 unspecified atom stereocenters. The zero-order valence-electron chi connectivity index (χ0n) is 19.6. The second-order valence-corrected chi connectivity index (χ2v) is 12.9. The van der Waals surface area contributed by atoms with Gasteiger partial charge in [0.25, 0.3) is 0 Å². The Bertz CT molecular complexity index is 1300. The van der Waals surface area contributed by atoms with Gasteiger partial charge in [0.2, 0.25) is 11.8 Å². The molecule has 3 aliphatic carbocycles. The largest absolute Gasteiger partial charge is 0.336 e. The molecule has 1 N–H and O–H groups in total. The van der Waals surface area contributed by atoms with Gasteiger partial charge in [0.15, 0.2) is 9.84 Å². The number of rotatable bonds is 6. The zero-order valence-corrected chi connectivity index (χ0v) is 21.2. The number of nitrogens with zero attached hydrogens (tertiary/aromatic N) is 2. The van der Waals surface area contributed by atoms with Crippen molar-refractivity contribution in [2.24, 2.45) is 5.41 Å². The molecule has 2 atom stereocenters. The highest BCUT2D eigenvalue weighted by Gasteiger charge is 2.58. The minimum Gasteiger partial charge on any atom is -0.336 e. The standard InChI is InChI=1S/C26H28ClN3O4S/c1-17-6-8-18(9-7-17)26(12-13-26)24(32)30-15-19(35(33,34)22-5-3-2-4-20(22)27)14-21(30)23(31)29-25(16-28)10-11-25/h2-6,8,19,21H,7,9-15H2,1H3,(H,29,31)/t19-,21+/m1/s1. The molecule has 0 radical (unpaired) electrons. The van der Waals surface area contributed by atoms with E-state index >= 15 is 0 Å². The lowest BCUT2D eigenvalue weighted by atomic mass is 9.86. The minimum atomic E-state index is -3.89. The van der Waals surface area contributed by atoms with E-state index in [0.29, 0.717) is 25.7 Å². The number of benzene rings is 1. The van der Waals surface area contributed by atoms with E-state index in [2.05, 4.69) is 18.3 Å². The van der Waals surface area contributed by atoms with Gasteiger partial charge in [-0.15, -0.1) is 0 Å². The van der Waals surface area contributed by atoms with Crippen LogP contribution in [0.3, 0.4) is 0 Å². The first-order chi connectivity index (χ1) is 16.6. The summed E-state index contributed by atoms with van der Waals surface area (Å²) in [4.78, 5) is 28.7. The van der Waals surface area contributed by atoms with E-state index in [1.165, 1.54) is 22.6 Å². The molecule has 2 saturated carbocycles. The van der Waals surface area contributed by atoms with Crippen LogP contribution in [0.2, 0.25) is 5.02 Å². The smallest absolute Gasteiger partial charge is 0.244 e. The molecule has 35 heavy (non-hydrogen) atoms. The number of nitriles is 1. The topological polar surface area (TPSA) is 107 Å². The summed E-state index contributed by atoms with van der Waals surface area (Å²) in [5.41, 5.74) is 0.746. The first-order valence-corrected chi connectivity index (χ1v) is 13.9. The van der Waals surface area contributed by atoms with Crippen LogP contribution < -0.4 is 5.32 Å². The fourth-order valence-corrected chi connectivity index (χ4v) is 7.49. The molecule has 5 rings (SSSR count). The van der Waals surface area contributed by atoms with E-state index in [-0.39, 0.29) is 28.8 Å². The molecule has 9 heteroatoms. The van der Waals surface area contributed by atoms with Crippen LogP contribution in [0.5, 0.6) is 0 Å². The number of carbonyl (C=O) groups is 2. The molecule has 1 aromatic rings. The van der Waals surface area contributed by atoms with Gasteiger partial charge in [-0.1, -0.05) is 47.0 Å². The van der Waals surface area contributed by atoms with E-state index in [0.717, 1.165) is 18.4 Å². The molecule has 1 aliphatic heterocycles. The van der Waals surface area contributed by atoms with E-state index in [1.54, 1.807) is 12.1 Å². The van der Waals surface area contributed by atoms with Crippen LogP contribution in [-0.4, -0.2) is 48.5 Å². The quantitative estimate of drug-likeness (QED) is 0.624. The molecular formula is C26H28ClN3O4S. The average molecular weight is 514 g/mol. The van der Waals surface area contributed by atoms with Crippen molar-refractivity contribution in [2.75, 3.05) is 6.54 Å². The van der Waals surface area contributed by atoms with Gasteiger partial charge in [0.05, 0.1) is 26.7 Å². The summed E-state index contributed by atoms with van der Waals surface area (Å²) in [6.07, 6.45) is 8.20. The van der Waals surface area contributed by atoms with Crippen molar-refractivity contribution in [1.29, 1.82) is 5.26 Å². The van der Waals surface area contributed by atoms with Crippen molar-refractivity contribution >= 4 is 33.3 Å². The molecule has 0 bridgehead atoms. The molecule has 0 aromatic heterocycles. The zero-order chi connectivity index (χ0) is 25.0. The van der Waals surface area contributed by atoms with E-state index in [1.807, 2.05) is 12.2 Å². The van der Waals surface area contributed by atoms with Crippen LogP contribution in [0.25, 0.3) is 0 Å². The second kappa shape index (κ2) is 8.49. The molecular weight excluding hydrogens is 486 g/mol. The number of likely N-dealkylation sites (tertiary alicyclic amines) is 1. The molecule has 1 heterocycles. The van der Waals surface area contributed by atoms with Crippen molar-refractivity contribution in [1.82, 2.24) is 10.2 Å². The Hall–Kier alpha value is -2.63. The average Bonchev–Trinajstić information content (AvgIpc) is 3.76. The fraction of sp³-hybridized carbons (Fsp3) is 0.500. The Morgan fingerprint density at radius 1 is 1.14 bits per heavy atom. The summed E-state index contributed by atoms with van der Waals surface area (Å²) in [6.45, 7) is 1.98. The number of halogens is 1. The third-order valence-corrected chi connectivity index (χ3v) is 10.5. The summed E-state index contributed by atoms with van der Waals surface area (Å²) >= 11 is 6.21. The number of carbonyl (C=O) groups excluding carboxylic acids is 2. The summed E-state index contributed by atoms with van der Waals surface area (Å²) in [6, 6.07) is 7.42. The molecule has 7 nitrogen and oxygen atoms in total. The van der Waals surface area contributed by atoms with Crippen LogP contribution in [0.15, 0.2) is 52.5 Å². The van der Waals surface area contributed by atoms with Gasteiger partial charge in [-0.3, -0.25) is 9.59 Å². The molecule has 2 amide bonds. The lowest BCUT2D eigenvalue weighted by Gasteiger charge is -2.30. The number of sulfone groups is 1. The summed E-state index contributed by atoms with van der Waals surface area (Å²) in [7, 11) is -3.89. The fourth-order valence-electron chi connectivity index (χ4n) is 5.27. The maximum atomic E-state index is 14.0. The SMILES string of the molecule is CC1=CC=C(C2(C(=O)N3C[C@H](S(=O)(=O)c4ccccc4Cl)C[C@H]3C(=O)NC3(C#N)CC3)CC2)CC1. The van der Waals surface area contributed by atoms with Crippen LogP contribution in [0.1, 0.15) is 51.9 Å². The normalized spacial score (nSPS) is 26.3. The van der Waals surface area contributed by atoms with Crippen molar-refractivity contribution < 1.29 is 18.0 Å².